The van der Waals surface area contributed by atoms with E-state index in [0.29, 0.717) is 0 Å². The van der Waals surface area contributed by atoms with E-state index in [1.54, 1.807) is 6.20 Å². The highest BCUT2D eigenvalue weighted by atomic mass is 35.5. The maximum Gasteiger partial charge on any atom is 0.339 e. The minimum absolute atomic E-state index is 0.0415. The number of hydrogen-bond donors (Lipinski definition) is 2. The highest BCUT2D eigenvalue weighted by molar-refractivity contribution is 7.98. The van der Waals surface area contributed by atoms with E-state index >= 15 is 0 Å². The third-order valence-electron chi connectivity index (χ3n) is 3.12. The maximum atomic E-state index is 11.4. The maximum absolute atomic E-state index is 11.4. The molecule has 0 aliphatic carbocycles. The quantitative estimate of drug-likeness (QED) is 0.564. The summed E-state index contributed by atoms with van der Waals surface area (Å²) in [6.45, 7) is 4.02. The van der Waals surface area contributed by atoms with Gasteiger partial charge < -0.3 is 10.4 Å². The molecule has 0 bridgehead atoms. The van der Waals surface area contributed by atoms with Gasteiger partial charge >= 0.3 is 5.97 Å². The minimum atomic E-state index is -1.14. The van der Waals surface area contributed by atoms with Gasteiger partial charge in [-0.15, -0.1) is 11.8 Å². The van der Waals surface area contributed by atoms with Crippen LogP contribution in [-0.4, -0.2) is 27.3 Å². The van der Waals surface area contributed by atoms with Crippen molar-refractivity contribution in [3.8, 4) is 0 Å². The number of carboxylic acid groups (broad SMARTS) is 1. The van der Waals surface area contributed by atoms with Crippen LogP contribution in [0.15, 0.2) is 23.2 Å². The molecule has 0 saturated carbocycles. The van der Waals surface area contributed by atoms with Crippen molar-refractivity contribution in [2.24, 2.45) is 0 Å². The molecule has 0 spiro atoms. The molecule has 0 aliphatic rings. The number of carboxylic acids is 1. The van der Waals surface area contributed by atoms with Crippen molar-refractivity contribution in [2.75, 3.05) is 11.6 Å². The molecule has 0 aromatic carbocycles. The Bertz CT molecular complexity index is 754. The molecular formula is C15H15Cl2N3O2S. The second kappa shape index (κ2) is 7.38. The summed E-state index contributed by atoms with van der Waals surface area (Å²) in [6.07, 6.45) is 3.66. The first kappa shape index (κ1) is 17.8. The van der Waals surface area contributed by atoms with Crippen LogP contribution in [0.25, 0.3) is 0 Å². The predicted octanol–water partition coefficient (Wildman–Crippen LogP) is 5.07. The molecule has 0 radical (unpaired) electrons. The molecule has 0 unspecified atom stereocenters. The molecule has 2 N–H and O–H groups in total. The molecule has 0 atom stereocenters. The van der Waals surface area contributed by atoms with E-state index in [2.05, 4.69) is 15.3 Å². The summed E-state index contributed by atoms with van der Waals surface area (Å²) in [6, 6.07) is 3.14. The second-order valence-corrected chi connectivity index (χ2v) is 6.63. The van der Waals surface area contributed by atoms with Crippen molar-refractivity contribution in [3.63, 3.8) is 0 Å². The van der Waals surface area contributed by atoms with E-state index in [0.717, 1.165) is 16.3 Å². The van der Waals surface area contributed by atoms with Crippen LogP contribution < -0.4 is 5.32 Å². The molecule has 2 aromatic rings. The van der Waals surface area contributed by atoms with Crippen LogP contribution in [0.4, 0.5) is 11.5 Å². The number of pyridine rings is 2. The zero-order valence-corrected chi connectivity index (χ0v) is 15.1. The monoisotopic (exact) mass is 371 g/mol. The van der Waals surface area contributed by atoms with Crippen molar-refractivity contribution >= 4 is 52.4 Å². The van der Waals surface area contributed by atoms with E-state index < -0.39 is 5.97 Å². The van der Waals surface area contributed by atoms with Gasteiger partial charge in [0.15, 0.2) is 0 Å². The fraction of sp³-hybridized carbons (Fsp3) is 0.267. The van der Waals surface area contributed by atoms with Crippen molar-refractivity contribution in [3.05, 3.63) is 39.8 Å². The summed E-state index contributed by atoms with van der Waals surface area (Å²) < 4.78 is 0. The highest BCUT2D eigenvalue weighted by Gasteiger charge is 2.19. The third-order valence-corrected chi connectivity index (χ3v) is 4.57. The van der Waals surface area contributed by atoms with Crippen LogP contribution in [0.1, 0.15) is 35.8 Å². The van der Waals surface area contributed by atoms with Crippen molar-refractivity contribution in [1.82, 2.24) is 9.97 Å². The number of anilines is 2. The molecule has 122 valence electrons. The summed E-state index contributed by atoms with van der Waals surface area (Å²) in [7, 11) is 0. The zero-order valence-electron chi connectivity index (χ0n) is 12.7. The number of thioether (sulfide) groups is 1. The lowest BCUT2D eigenvalue weighted by atomic mass is 10.1. The average Bonchev–Trinajstić information content (AvgIpc) is 2.50. The first-order valence-corrected chi connectivity index (χ1v) is 8.72. The lowest BCUT2D eigenvalue weighted by Gasteiger charge is -2.17. The van der Waals surface area contributed by atoms with Crippen molar-refractivity contribution < 1.29 is 9.90 Å². The number of rotatable bonds is 5. The Morgan fingerprint density at radius 1 is 1.39 bits per heavy atom. The second-order valence-electron chi connectivity index (χ2n) is 5.02. The lowest BCUT2D eigenvalue weighted by Crippen LogP contribution is -2.09. The molecule has 0 aliphatic heterocycles. The predicted molar refractivity (Wildman–Crippen MR) is 94.6 cm³/mol. The number of carbonyl (C=O) groups is 1. The van der Waals surface area contributed by atoms with E-state index in [1.807, 2.05) is 26.2 Å². The summed E-state index contributed by atoms with van der Waals surface area (Å²) >= 11 is 13.3. The number of nitrogens with zero attached hydrogens (tertiary/aromatic N) is 2. The van der Waals surface area contributed by atoms with Gasteiger partial charge in [0.1, 0.15) is 16.5 Å². The van der Waals surface area contributed by atoms with Gasteiger partial charge in [-0.1, -0.05) is 37.0 Å². The zero-order chi connectivity index (χ0) is 17.1. The van der Waals surface area contributed by atoms with Crippen molar-refractivity contribution in [1.29, 1.82) is 0 Å². The number of aromatic nitrogens is 2. The van der Waals surface area contributed by atoms with Gasteiger partial charge in [0, 0.05) is 11.1 Å². The van der Waals surface area contributed by atoms with Crippen molar-refractivity contribution in [2.45, 2.75) is 24.7 Å². The Balaban J connectivity index is 2.59. The number of nitrogens with one attached hydrogen (secondary N) is 1. The normalized spacial score (nSPS) is 10.9. The first-order valence-electron chi connectivity index (χ1n) is 6.74. The van der Waals surface area contributed by atoms with Gasteiger partial charge in [0.25, 0.3) is 0 Å². The first-order chi connectivity index (χ1) is 10.8. The summed E-state index contributed by atoms with van der Waals surface area (Å²) in [4.78, 5) is 20.8. The Labute approximate surface area is 148 Å². The van der Waals surface area contributed by atoms with Crippen LogP contribution >= 0.6 is 35.0 Å². The van der Waals surface area contributed by atoms with Gasteiger partial charge in [-0.2, -0.15) is 0 Å². The molecular weight excluding hydrogens is 357 g/mol. The SMILES string of the molecule is CSc1ccnc(C(C)C)c1Nc1nc(Cl)c(Cl)cc1C(=O)O. The van der Waals surface area contributed by atoms with E-state index in [1.165, 1.54) is 17.8 Å². The Hall–Kier alpha value is -1.50. The van der Waals surface area contributed by atoms with Gasteiger partial charge in [-0.3, -0.25) is 4.98 Å². The molecule has 0 saturated heterocycles. The summed E-state index contributed by atoms with van der Waals surface area (Å²) in [5.74, 6) is -0.850. The van der Waals surface area contributed by atoms with Crippen LogP contribution in [0, 0.1) is 0 Å². The van der Waals surface area contributed by atoms with Gasteiger partial charge in [-0.05, 0) is 24.3 Å². The largest absolute Gasteiger partial charge is 0.478 e. The average molecular weight is 372 g/mol. The highest BCUT2D eigenvalue weighted by Crippen LogP contribution is 2.35. The smallest absolute Gasteiger partial charge is 0.339 e. The van der Waals surface area contributed by atoms with Crippen LogP contribution in [0.5, 0.6) is 0 Å². The fourth-order valence-corrected chi connectivity index (χ4v) is 2.88. The number of aromatic carboxylic acids is 1. The molecule has 0 fully saturated rings. The van der Waals surface area contributed by atoms with Gasteiger partial charge in [0.2, 0.25) is 0 Å². The van der Waals surface area contributed by atoms with E-state index in [4.69, 9.17) is 23.2 Å². The van der Waals surface area contributed by atoms with Crippen LogP contribution in [0.3, 0.4) is 0 Å². The standard InChI is InChI=1S/C15H15Cl2N3O2S/c1-7(2)11-12(10(23-3)4-5-18-11)19-14-8(15(21)22)6-9(16)13(17)20-14/h4-7H,1-3H3,(H,19,20)(H,21,22). The molecule has 23 heavy (non-hydrogen) atoms. The van der Waals surface area contributed by atoms with Gasteiger partial charge in [-0.25, -0.2) is 9.78 Å². The van der Waals surface area contributed by atoms with E-state index in [-0.39, 0.29) is 27.5 Å². The number of halogens is 2. The van der Waals surface area contributed by atoms with Crippen LogP contribution in [0.2, 0.25) is 10.2 Å². The van der Waals surface area contributed by atoms with Crippen LogP contribution in [-0.2, 0) is 0 Å². The Morgan fingerprint density at radius 2 is 2.09 bits per heavy atom. The third kappa shape index (κ3) is 3.88. The lowest BCUT2D eigenvalue weighted by molar-refractivity contribution is 0.0697. The minimum Gasteiger partial charge on any atom is -0.478 e. The Morgan fingerprint density at radius 3 is 2.65 bits per heavy atom. The number of hydrogen-bond acceptors (Lipinski definition) is 5. The topological polar surface area (TPSA) is 75.1 Å². The molecule has 8 heteroatoms. The molecule has 2 rings (SSSR count). The Kier molecular flexibility index (Phi) is 5.73. The summed E-state index contributed by atoms with van der Waals surface area (Å²) in [5, 5.41) is 12.6. The van der Waals surface area contributed by atoms with E-state index in [9.17, 15) is 9.90 Å². The molecule has 0 amide bonds. The fourth-order valence-electron chi connectivity index (χ4n) is 2.04. The molecule has 2 aromatic heterocycles. The van der Waals surface area contributed by atoms with Gasteiger partial charge in [0.05, 0.1) is 16.4 Å². The molecule has 2 heterocycles. The molecule has 5 nitrogen and oxygen atoms in total. The summed E-state index contributed by atoms with van der Waals surface area (Å²) in [5.41, 5.74) is 1.49.